The van der Waals surface area contributed by atoms with Gasteiger partial charge in [0, 0.05) is 12.4 Å². The summed E-state index contributed by atoms with van der Waals surface area (Å²) >= 11 is 0. The van der Waals surface area contributed by atoms with Gasteiger partial charge < -0.3 is 0 Å². The molecule has 0 bridgehead atoms. The van der Waals surface area contributed by atoms with E-state index in [0.29, 0.717) is 11.8 Å². The van der Waals surface area contributed by atoms with Crippen molar-refractivity contribution in [3.63, 3.8) is 0 Å². The zero-order valence-corrected chi connectivity index (χ0v) is 7.20. The third-order valence-electron chi connectivity index (χ3n) is 0.796. The molecule has 0 radical (unpaired) electrons. The summed E-state index contributed by atoms with van der Waals surface area (Å²) < 4.78 is 0. The van der Waals surface area contributed by atoms with E-state index in [1.807, 2.05) is 12.4 Å². The van der Waals surface area contributed by atoms with Crippen LogP contribution < -0.4 is 0 Å². The molecule has 2 nitrogen and oxygen atoms in total. The van der Waals surface area contributed by atoms with Crippen molar-refractivity contribution in [3.05, 3.63) is 0 Å². The molecule has 58 valence electrons. The first kappa shape index (κ1) is 9.34. The molecule has 0 heterocycles. The lowest BCUT2D eigenvalue weighted by Crippen LogP contribution is -1.88. The lowest BCUT2D eigenvalue weighted by atomic mass is 10.2. The molecule has 0 saturated heterocycles. The Morgan fingerprint density at radius 1 is 0.800 bits per heavy atom. The summed E-state index contributed by atoms with van der Waals surface area (Å²) in [5, 5.41) is 7.71. The normalized spacial score (nSPS) is 13.0. The van der Waals surface area contributed by atoms with Crippen molar-refractivity contribution >= 4 is 12.4 Å². The van der Waals surface area contributed by atoms with Gasteiger partial charge in [-0.3, -0.25) is 0 Å². The van der Waals surface area contributed by atoms with Crippen molar-refractivity contribution in [3.8, 4) is 0 Å². The Morgan fingerprint density at radius 3 is 1.30 bits per heavy atom. The van der Waals surface area contributed by atoms with Gasteiger partial charge in [-0.1, -0.05) is 27.7 Å². The maximum Gasteiger partial charge on any atom is 0.0295 e. The van der Waals surface area contributed by atoms with E-state index in [0.717, 1.165) is 0 Å². The van der Waals surface area contributed by atoms with E-state index in [-0.39, 0.29) is 0 Å². The van der Waals surface area contributed by atoms with Gasteiger partial charge in [0.05, 0.1) is 0 Å². The van der Waals surface area contributed by atoms with Crippen LogP contribution in [0.1, 0.15) is 27.7 Å². The molecule has 2 heteroatoms. The van der Waals surface area contributed by atoms with E-state index in [1.54, 1.807) is 0 Å². The highest BCUT2D eigenvalue weighted by Gasteiger charge is 1.83. The van der Waals surface area contributed by atoms with Crippen LogP contribution in [-0.4, -0.2) is 12.4 Å². The molecular formula is C8H16N2. The smallest absolute Gasteiger partial charge is 0.0295 e. The molecular weight excluding hydrogens is 124 g/mol. The molecule has 0 N–H and O–H groups in total. The molecule has 0 spiro atoms. The van der Waals surface area contributed by atoms with Crippen LogP contribution in [0, 0.1) is 11.8 Å². The van der Waals surface area contributed by atoms with Gasteiger partial charge in [-0.25, -0.2) is 0 Å². The topological polar surface area (TPSA) is 24.7 Å². The summed E-state index contributed by atoms with van der Waals surface area (Å²) in [5.74, 6) is 0.980. The maximum atomic E-state index is 3.86. The van der Waals surface area contributed by atoms with Crippen LogP contribution in [0.5, 0.6) is 0 Å². The van der Waals surface area contributed by atoms with Gasteiger partial charge in [-0.15, -0.1) is 0 Å². The van der Waals surface area contributed by atoms with Gasteiger partial charge in [0.2, 0.25) is 0 Å². The fourth-order valence-corrected chi connectivity index (χ4v) is 0.344. The minimum atomic E-state index is 0.490. The van der Waals surface area contributed by atoms with E-state index < -0.39 is 0 Å². The van der Waals surface area contributed by atoms with Crippen molar-refractivity contribution < 1.29 is 0 Å². The molecule has 0 aromatic rings. The van der Waals surface area contributed by atoms with Crippen LogP contribution in [-0.2, 0) is 0 Å². The van der Waals surface area contributed by atoms with E-state index >= 15 is 0 Å². The fourth-order valence-electron chi connectivity index (χ4n) is 0.344. The summed E-state index contributed by atoms with van der Waals surface area (Å²) in [5.41, 5.74) is 0. The number of hydrogen-bond donors (Lipinski definition) is 0. The molecule has 0 atom stereocenters. The first-order valence-corrected chi connectivity index (χ1v) is 3.69. The summed E-state index contributed by atoms with van der Waals surface area (Å²) in [7, 11) is 0. The van der Waals surface area contributed by atoms with Crippen LogP contribution in [0.25, 0.3) is 0 Å². The molecule has 0 aromatic carbocycles. The molecule has 10 heavy (non-hydrogen) atoms. The van der Waals surface area contributed by atoms with E-state index in [1.165, 1.54) is 0 Å². The van der Waals surface area contributed by atoms with Crippen molar-refractivity contribution in [2.45, 2.75) is 27.7 Å². The predicted molar refractivity (Wildman–Crippen MR) is 46.7 cm³/mol. The van der Waals surface area contributed by atoms with Gasteiger partial charge in [0.1, 0.15) is 0 Å². The Kier molecular flexibility index (Phi) is 4.81. The largest absolute Gasteiger partial charge is 0.164 e. The Labute approximate surface area is 63.1 Å². The van der Waals surface area contributed by atoms with Crippen molar-refractivity contribution in [2.24, 2.45) is 22.0 Å². The molecule has 0 rings (SSSR count). The molecule has 0 aromatic heterocycles. The highest BCUT2D eigenvalue weighted by Crippen LogP contribution is 1.87. The fraction of sp³-hybridized carbons (Fsp3) is 0.750. The van der Waals surface area contributed by atoms with Crippen LogP contribution in [0.4, 0.5) is 0 Å². The third-order valence-corrected chi connectivity index (χ3v) is 0.796. The third kappa shape index (κ3) is 7.34. The number of rotatable bonds is 3. The van der Waals surface area contributed by atoms with Crippen LogP contribution >= 0.6 is 0 Å². The number of nitrogens with zero attached hydrogens (tertiary/aromatic N) is 2. The Morgan fingerprint density at radius 2 is 1.10 bits per heavy atom. The highest BCUT2D eigenvalue weighted by atomic mass is 15.2. The van der Waals surface area contributed by atoms with Crippen LogP contribution in [0.3, 0.4) is 0 Å². The SMILES string of the molecule is CC(C)/C=N\N=C/C(C)C. The average molecular weight is 140 g/mol. The zero-order valence-electron chi connectivity index (χ0n) is 7.20. The number of hydrogen-bond acceptors (Lipinski definition) is 2. The van der Waals surface area contributed by atoms with Crippen LogP contribution in [0.2, 0.25) is 0 Å². The maximum absolute atomic E-state index is 3.86. The van der Waals surface area contributed by atoms with E-state index in [2.05, 4.69) is 37.9 Å². The van der Waals surface area contributed by atoms with E-state index in [4.69, 9.17) is 0 Å². The molecule has 0 fully saturated rings. The molecule has 0 amide bonds. The second kappa shape index (κ2) is 5.15. The molecule has 0 unspecified atom stereocenters. The van der Waals surface area contributed by atoms with Gasteiger partial charge in [0.15, 0.2) is 0 Å². The Bertz CT molecular complexity index is 107. The van der Waals surface area contributed by atoms with Crippen LogP contribution in [0.15, 0.2) is 10.2 Å². The Balaban J connectivity index is 3.52. The monoisotopic (exact) mass is 140 g/mol. The summed E-state index contributed by atoms with van der Waals surface area (Å²) in [6, 6.07) is 0. The quantitative estimate of drug-likeness (QED) is 0.424. The average Bonchev–Trinajstić information content (AvgIpc) is 1.79. The highest BCUT2D eigenvalue weighted by molar-refractivity contribution is 5.63. The minimum absolute atomic E-state index is 0.490. The van der Waals surface area contributed by atoms with Crippen molar-refractivity contribution in [1.82, 2.24) is 0 Å². The van der Waals surface area contributed by atoms with Gasteiger partial charge in [-0.2, -0.15) is 10.2 Å². The second-order valence-electron chi connectivity index (χ2n) is 3.02. The zero-order chi connectivity index (χ0) is 7.98. The lowest BCUT2D eigenvalue weighted by molar-refractivity contribution is 0.885. The first-order chi connectivity index (χ1) is 4.63. The first-order valence-electron chi connectivity index (χ1n) is 3.69. The van der Waals surface area contributed by atoms with Crippen molar-refractivity contribution in [1.29, 1.82) is 0 Å². The molecule has 0 saturated carbocycles. The predicted octanol–water partition coefficient (Wildman–Crippen LogP) is 2.36. The van der Waals surface area contributed by atoms with Crippen molar-refractivity contribution in [2.75, 3.05) is 0 Å². The minimum Gasteiger partial charge on any atom is -0.164 e. The van der Waals surface area contributed by atoms with Gasteiger partial charge in [-0.05, 0) is 11.8 Å². The lowest BCUT2D eigenvalue weighted by Gasteiger charge is -1.90. The second-order valence-corrected chi connectivity index (χ2v) is 3.02. The standard InChI is InChI=1S/C8H16N2/c1-7(2)5-9-10-6-8(3)4/h5-8H,1-4H3/b9-5-,10-6-. The molecule has 0 aliphatic carbocycles. The van der Waals surface area contributed by atoms with Gasteiger partial charge >= 0.3 is 0 Å². The summed E-state index contributed by atoms with van der Waals surface area (Å²) in [6.45, 7) is 8.31. The Hall–Kier alpha value is -0.660. The summed E-state index contributed by atoms with van der Waals surface area (Å²) in [6.07, 6.45) is 3.66. The summed E-state index contributed by atoms with van der Waals surface area (Å²) in [4.78, 5) is 0. The van der Waals surface area contributed by atoms with Gasteiger partial charge in [0.25, 0.3) is 0 Å². The van der Waals surface area contributed by atoms with E-state index in [9.17, 15) is 0 Å². The molecule has 0 aliphatic rings. The molecule has 0 aliphatic heterocycles.